The molecule has 9 heteroatoms. The van der Waals surface area contributed by atoms with E-state index in [9.17, 15) is 9.59 Å². The molecule has 4 rings (SSSR count). The number of benzene rings is 1. The van der Waals surface area contributed by atoms with Crippen LogP contribution in [-0.2, 0) is 11.3 Å². The van der Waals surface area contributed by atoms with Gasteiger partial charge in [-0.25, -0.2) is 4.98 Å². The van der Waals surface area contributed by atoms with Crippen molar-refractivity contribution in [1.82, 2.24) is 19.6 Å². The van der Waals surface area contributed by atoms with Crippen LogP contribution in [0.5, 0.6) is 0 Å². The van der Waals surface area contributed by atoms with Gasteiger partial charge < -0.3 is 19.1 Å². The second-order valence-electron chi connectivity index (χ2n) is 6.59. The molecule has 9 nitrogen and oxygen atoms in total. The average Bonchev–Trinajstić information content (AvgIpc) is 3.27. The smallest absolute Gasteiger partial charge is 0.292 e. The molecule has 0 saturated carbocycles. The van der Waals surface area contributed by atoms with Crippen molar-refractivity contribution in [2.45, 2.75) is 6.54 Å². The number of hydrogen-bond acceptors (Lipinski definition) is 7. The first-order valence-corrected chi connectivity index (χ1v) is 9.10. The largest absolute Gasteiger partial charge is 0.383 e. The van der Waals surface area contributed by atoms with Gasteiger partial charge in [0.05, 0.1) is 36.6 Å². The lowest BCUT2D eigenvalue weighted by Crippen LogP contribution is -2.48. The molecule has 3 aromatic rings. The molecule has 0 N–H and O–H groups in total. The lowest BCUT2D eigenvalue weighted by Gasteiger charge is -2.35. The van der Waals surface area contributed by atoms with Crippen LogP contribution in [0.1, 0.15) is 10.6 Å². The number of amides is 1. The molecule has 1 aliphatic heterocycles. The van der Waals surface area contributed by atoms with E-state index in [4.69, 9.17) is 9.26 Å². The van der Waals surface area contributed by atoms with E-state index in [1.165, 1.54) is 6.20 Å². The number of ether oxygens (including phenoxy) is 1. The van der Waals surface area contributed by atoms with Gasteiger partial charge in [0.15, 0.2) is 0 Å². The van der Waals surface area contributed by atoms with Crippen LogP contribution in [0.2, 0.25) is 0 Å². The summed E-state index contributed by atoms with van der Waals surface area (Å²) in [5.41, 5.74) is 1.58. The zero-order chi connectivity index (χ0) is 19.5. The molecular weight excluding hydrogens is 362 g/mol. The van der Waals surface area contributed by atoms with Crippen LogP contribution in [0.4, 0.5) is 5.69 Å². The van der Waals surface area contributed by atoms with E-state index in [0.717, 1.165) is 5.69 Å². The molecule has 3 heterocycles. The van der Waals surface area contributed by atoms with Crippen LogP contribution in [-0.4, -0.2) is 65.4 Å². The molecule has 1 aliphatic rings. The molecule has 0 bridgehead atoms. The van der Waals surface area contributed by atoms with Crippen molar-refractivity contribution >= 4 is 22.5 Å². The number of fused-ring (bicyclic) bond motifs is 1. The minimum Gasteiger partial charge on any atom is -0.383 e. The average molecular weight is 383 g/mol. The topological polar surface area (TPSA) is 93.7 Å². The molecule has 0 aliphatic carbocycles. The Morgan fingerprint density at radius 2 is 2.04 bits per heavy atom. The number of aromatic nitrogens is 3. The summed E-state index contributed by atoms with van der Waals surface area (Å²) in [7, 11) is 1.60. The maximum atomic E-state index is 12.5. The summed E-state index contributed by atoms with van der Waals surface area (Å²) >= 11 is 0. The number of methoxy groups -OCH3 is 1. The zero-order valence-corrected chi connectivity index (χ0v) is 15.6. The predicted octanol–water partition coefficient (Wildman–Crippen LogP) is 0.993. The van der Waals surface area contributed by atoms with Crippen molar-refractivity contribution in [1.29, 1.82) is 0 Å². The Morgan fingerprint density at radius 1 is 1.21 bits per heavy atom. The summed E-state index contributed by atoms with van der Waals surface area (Å²) in [6, 6.07) is 7.24. The number of carbonyl (C=O) groups is 1. The van der Waals surface area contributed by atoms with Gasteiger partial charge in [-0.2, -0.15) is 0 Å². The van der Waals surface area contributed by atoms with Crippen LogP contribution in [0.3, 0.4) is 0 Å². The van der Waals surface area contributed by atoms with Gasteiger partial charge in [0.25, 0.3) is 11.5 Å². The standard InChI is InChI=1S/C19H21N5O4/c1-27-11-10-24-13-20-16-12-14(2-3-15(16)18(24)25)22-6-8-23(9-7-22)19(26)17-4-5-21-28-17/h2-5,12-13H,6-11H2,1H3. The van der Waals surface area contributed by atoms with Crippen molar-refractivity contribution in [3.05, 3.63) is 52.9 Å². The summed E-state index contributed by atoms with van der Waals surface area (Å²) < 4.78 is 11.5. The van der Waals surface area contributed by atoms with Gasteiger partial charge in [-0.15, -0.1) is 0 Å². The fourth-order valence-electron chi connectivity index (χ4n) is 3.34. The summed E-state index contributed by atoms with van der Waals surface area (Å²) in [6.07, 6.45) is 3.02. The fourth-order valence-corrected chi connectivity index (χ4v) is 3.34. The SMILES string of the molecule is COCCn1cnc2cc(N3CCN(C(=O)c4ccno4)CC3)ccc2c1=O. The third-order valence-corrected chi connectivity index (χ3v) is 4.93. The highest BCUT2D eigenvalue weighted by Crippen LogP contribution is 2.21. The van der Waals surface area contributed by atoms with E-state index in [0.29, 0.717) is 50.2 Å². The fraction of sp³-hybridized carbons (Fsp3) is 0.368. The molecule has 1 amide bonds. The van der Waals surface area contributed by atoms with Crippen molar-refractivity contribution in [3.8, 4) is 0 Å². The van der Waals surface area contributed by atoms with Crippen molar-refractivity contribution in [2.75, 3.05) is 44.8 Å². The number of piperazine rings is 1. The molecule has 146 valence electrons. The summed E-state index contributed by atoms with van der Waals surface area (Å²) in [4.78, 5) is 33.3. The predicted molar refractivity (Wildman–Crippen MR) is 102 cm³/mol. The molecule has 28 heavy (non-hydrogen) atoms. The van der Waals surface area contributed by atoms with Crippen LogP contribution >= 0.6 is 0 Å². The zero-order valence-electron chi connectivity index (χ0n) is 15.6. The Bertz CT molecular complexity index is 1020. The van der Waals surface area contributed by atoms with E-state index in [1.807, 2.05) is 18.2 Å². The first-order chi connectivity index (χ1) is 13.7. The first-order valence-electron chi connectivity index (χ1n) is 9.10. The first kappa shape index (κ1) is 18.2. The second kappa shape index (κ2) is 7.81. The highest BCUT2D eigenvalue weighted by Gasteiger charge is 2.24. The quantitative estimate of drug-likeness (QED) is 0.649. The van der Waals surface area contributed by atoms with E-state index in [2.05, 4.69) is 15.0 Å². The van der Waals surface area contributed by atoms with Crippen molar-refractivity contribution < 1.29 is 14.1 Å². The van der Waals surface area contributed by atoms with Gasteiger partial charge in [-0.3, -0.25) is 14.2 Å². The third kappa shape index (κ3) is 3.48. The lowest BCUT2D eigenvalue weighted by atomic mass is 10.2. The molecular formula is C19H21N5O4. The van der Waals surface area contributed by atoms with E-state index < -0.39 is 0 Å². The van der Waals surface area contributed by atoms with Gasteiger partial charge in [0.1, 0.15) is 0 Å². The molecule has 0 radical (unpaired) electrons. The van der Waals surface area contributed by atoms with Gasteiger partial charge in [-0.1, -0.05) is 5.16 Å². The van der Waals surface area contributed by atoms with E-state index in [1.54, 1.807) is 29.0 Å². The highest BCUT2D eigenvalue weighted by molar-refractivity contribution is 5.91. The lowest BCUT2D eigenvalue weighted by molar-refractivity contribution is 0.0705. The molecule has 1 saturated heterocycles. The number of anilines is 1. The Balaban J connectivity index is 1.48. The van der Waals surface area contributed by atoms with E-state index >= 15 is 0 Å². The van der Waals surface area contributed by atoms with Crippen LogP contribution in [0.25, 0.3) is 10.9 Å². The van der Waals surface area contributed by atoms with Gasteiger partial charge in [0.2, 0.25) is 5.76 Å². The minimum absolute atomic E-state index is 0.0731. The summed E-state index contributed by atoms with van der Waals surface area (Å²) in [5.74, 6) is 0.113. The molecule has 1 aromatic carbocycles. The molecule has 0 unspecified atom stereocenters. The Labute approximate surface area is 161 Å². The number of carbonyl (C=O) groups excluding carboxylic acids is 1. The monoisotopic (exact) mass is 383 g/mol. The third-order valence-electron chi connectivity index (χ3n) is 4.93. The van der Waals surface area contributed by atoms with Gasteiger partial charge in [-0.05, 0) is 18.2 Å². The van der Waals surface area contributed by atoms with Crippen LogP contribution in [0.15, 0.2) is 46.1 Å². The Morgan fingerprint density at radius 3 is 2.75 bits per heavy atom. The van der Waals surface area contributed by atoms with Crippen LogP contribution in [0, 0.1) is 0 Å². The van der Waals surface area contributed by atoms with Crippen molar-refractivity contribution in [2.24, 2.45) is 0 Å². The molecule has 0 atom stereocenters. The summed E-state index contributed by atoms with van der Waals surface area (Å²) in [6.45, 7) is 3.49. The second-order valence-corrected chi connectivity index (χ2v) is 6.59. The summed E-state index contributed by atoms with van der Waals surface area (Å²) in [5, 5.41) is 4.17. The highest BCUT2D eigenvalue weighted by atomic mass is 16.5. The minimum atomic E-state index is -0.145. The molecule has 1 fully saturated rings. The number of nitrogens with zero attached hydrogens (tertiary/aromatic N) is 5. The molecule has 2 aromatic heterocycles. The van der Waals surface area contributed by atoms with Gasteiger partial charge in [0, 0.05) is 45.0 Å². The van der Waals surface area contributed by atoms with Crippen LogP contribution < -0.4 is 10.5 Å². The Hall–Kier alpha value is -3.20. The van der Waals surface area contributed by atoms with Crippen molar-refractivity contribution in [3.63, 3.8) is 0 Å². The normalized spacial score (nSPS) is 14.6. The molecule has 0 spiro atoms. The maximum Gasteiger partial charge on any atom is 0.292 e. The number of rotatable bonds is 5. The van der Waals surface area contributed by atoms with Gasteiger partial charge >= 0.3 is 0 Å². The Kier molecular flexibility index (Phi) is 5.07. The van der Waals surface area contributed by atoms with E-state index in [-0.39, 0.29) is 17.2 Å². The maximum absolute atomic E-state index is 12.5. The number of hydrogen-bond donors (Lipinski definition) is 0.